The second-order valence-electron chi connectivity index (χ2n) is 4.72. The fraction of sp³-hybridized carbons (Fsp3) is 0.143. The Hall–Kier alpha value is -2.56. The molecule has 94 valence electrons. The Morgan fingerprint density at radius 3 is 2.89 bits per heavy atom. The van der Waals surface area contributed by atoms with Gasteiger partial charge in [0.1, 0.15) is 12.0 Å². The van der Waals surface area contributed by atoms with Crippen LogP contribution in [0.2, 0.25) is 0 Å². The number of hydrogen-bond acceptors (Lipinski definition) is 3. The van der Waals surface area contributed by atoms with Gasteiger partial charge in [-0.1, -0.05) is 18.2 Å². The maximum Gasteiger partial charge on any atom is 0.356 e. The lowest BCUT2D eigenvalue weighted by Crippen LogP contribution is -2.29. The fourth-order valence-corrected chi connectivity index (χ4v) is 2.73. The van der Waals surface area contributed by atoms with Crippen molar-refractivity contribution in [3.05, 3.63) is 53.6 Å². The van der Waals surface area contributed by atoms with Crippen LogP contribution in [-0.2, 0) is 6.54 Å². The fourth-order valence-electron chi connectivity index (χ4n) is 2.73. The number of aromatic carboxylic acids is 1. The quantitative estimate of drug-likeness (QED) is 0.841. The summed E-state index contributed by atoms with van der Waals surface area (Å²) in [7, 11) is 0. The van der Waals surface area contributed by atoms with E-state index in [2.05, 4.69) is 16.0 Å². The van der Waals surface area contributed by atoms with Crippen LogP contribution in [0.1, 0.15) is 21.7 Å². The lowest BCUT2D eigenvalue weighted by atomic mass is 10.1. The summed E-state index contributed by atoms with van der Waals surface area (Å²) in [5, 5.41) is 9.28. The van der Waals surface area contributed by atoms with Gasteiger partial charge in [0.2, 0.25) is 0 Å². The molecule has 5 heteroatoms. The Kier molecular flexibility index (Phi) is 1.90. The zero-order chi connectivity index (χ0) is 13.0. The van der Waals surface area contributed by atoms with E-state index < -0.39 is 5.97 Å². The number of rotatable bonds is 1. The zero-order valence-corrected chi connectivity index (χ0v) is 10.1. The molecule has 0 aliphatic carbocycles. The van der Waals surface area contributed by atoms with Crippen LogP contribution in [0.15, 0.2) is 36.7 Å². The van der Waals surface area contributed by atoms with Crippen LogP contribution in [-0.4, -0.2) is 32.1 Å². The number of nitrogens with zero attached hydrogens (tertiary/aromatic N) is 3. The summed E-state index contributed by atoms with van der Waals surface area (Å²) in [5.41, 5.74) is 3.96. The van der Waals surface area contributed by atoms with Crippen molar-refractivity contribution in [3.8, 4) is 5.69 Å². The van der Waals surface area contributed by atoms with Crippen LogP contribution >= 0.6 is 0 Å². The van der Waals surface area contributed by atoms with Crippen LogP contribution in [0.4, 0.5) is 0 Å². The highest BCUT2D eigenvalue weighted by atomic mass is 16.4. The topological polar surface area (TPSA) is 58.4 Å². The van der Waals surface area contributed by atoms with Crippen molar-refractivity contribution in [2.75, 3.05) is 6.54 Å². The number of aromatic nitrogens is 2. The molecule has 3 heterocycles. The predicted molar refractivity (Wildman–Crippen MR) is 68.9 cm³/mol. The van der Waals surface area contributed by atoms with Gasteiger partial charge >= 0.3 is 5.97 Å². The van der Waals surface area contributed by atoms with Crippen LogP contribution in [0, 0.1) is 0 Å². The summed E-state index contributed by atoms with van der Waals surface area (Å²) in [6, 6.07) is 8.03. The minimum Gasteiger partial charge on any atom is -0.476 e. The van der Waals surface area contributed by atoms with Crippen molar-refractivity contribution in [2.24, 2.45) is 0 Å². The first-order chi connectivity index (χ1) is 9.25. The number of carboxylic acids is 1. The third kappa shape index (κ3) is 1.29. The molecule has 4 rings (SSSR count). The molecule has 0 unspecified atom stereocenters. The zero-order valence-electron chi connectivity index (χ0n) is 10.1. The number of para-hydroxylation sites is 1. The second kappa shape index (κ2) is 3.47. The normalized spacial score (nSPS) is 15.6. The van der Waals surface area contributed by atoms with Crippen LogP contribution in [0.5, 0.6) is 0 Å². The molecule has 1 aromatic heterocycles. The van der Waals surface area contributed by atoms with Gasteiger partial charge in [0, 0.05) is 13.1 Å². The SMILES string of the molecule is O=C(O)c1ncn2c1C1=CCN1Cc1ccccc1-2. The molecule has 0 bridgehead atoms. The van der Waals surface area contributed by atoms with Gasteiger partial charge in [-0.15, -0.1) is 0 Å². The first-order valence-corrected chi connectivity index (χ1v) is 6.10. The van der Waals surface area contributed by atoms with Gasteiger partial charge in [0.25, 0.3) is 0 Å². The first kappa shape index (κ1) is 10.4. The molecule has 0 radical (unpaired) electrons. The molecule has 1 N–H and O–H groups in total. The molecule has 0 atom stereocenters. The maximum absolute atomic E-state index is 11.3. The van der Waals surface area contributed by atoms with Gasteiger partial charge in [0.15, 0.2) is 5.69 Å². The van der Waals surface area contributed by atoms with Gasteiger partial charge in [-0.05, 0) is 17.7 Å². The minimum atomic E-state index is -0.985. The Morgan fingerprint density at radius 2 is 2.16 bits per heavy atom. The van der Waals surface area contributed by atoms with Gasteiger partial charge in [-0.2, -0.15) is 0 Å². The Labute approximate surface area is 109 Å². The molecule has 2 aliphatic rings. The number of fused-ring (bicyclic) bond motifs is 5. The van der Waals surface area contributed by atoms with E-state index in [-0.39, 0.29) is 5.69 Å². The van der Waals surface area contributed by atoms with Crippen LogP contribution in [0.25, 0.3) is 11.4 Å². The monoisotopic (exact) mass is 253 g/mol. The van der Waals surface area contributed by atoms with Crippen molar-refractivity contribution in [1.29, 1.82) is 0 Å². The maximum atomic E-state index is 11.3. The average molecular weight is 253 g/mol. The average Bonchev–Trinajstić information content (AvgIpc) is 2.76. The van der Waals surface area contributed by atoms with E-state index in [1.165, 1.54) is 5.56 Å². The summed E-state index contributed by atoms with van der Waals surface area (Å²) < 4.78 is 1.88. The van der Waals surface area contributed by atoms with E-state index in [1.54, 1.807) is 6.33 Å². The third-order valence-corrected chi connectivity index (χ3v) is 3.67. The number of benzene rings is 1. The largest absolute Gasteiger partial charge is 0.476 e. The molecule has 19 heavy (non-hydrogen) atoms. The van der Waals surface area contributed by atoms with E-state index in [0.717, 1.165) is 24.5 Å². The van der Waals surface area contributed by atoms with E-state index in [1.807, 2.05) is 28.8 Å². The van der Waals surface area contributed by atoms with E-state index in [0.29, 0.717) is 5.69 Å². The summed E-state index contributed by atoms with van der Waals surface area (Å²) in [6.45, 7) is 1.66. The Balaban J connectivity index is 2.05. The number of carboxylic acid groups (broad SMARTS) is 1. The molecule has 0 saturated heterocycles. The molecule has 2 aliphatic heterocycles. The minimum absolute atomic E-state index is 0.118. The van der Waals surface area contributed by atoms with Gasteiger partial charge in [-0.25, -0.2) is 9.78 Å². The van der Waals surface area contributed by atoms with Crippen molar-refractivity contribution >= 4 is 11.7 Å². The first-order valence-electron chi connectivity index (χ1n) is 6.10. The molecule has 2 aromatic rings. The van der Waals surface area contributed by atoms with E-state index in [9.17, 15) is 9.90 Å². The molecular weight excluding hydrogens is 242 g/mol. The van der Waals surface area contributed by atoms with Gasteiger partial charge in [-0.3, -0.25) is 4.57 Å². The lowest BCUT2D eigenvalue weighted by Gasteiger charge is -2.32. The highest BCUT2D eigenvalue weighted by Crippen LogP contribution is 2.36. The molecule has 5 nitrogen and oxygen atoms in total. The third-order valence-electron chi connectivity index (χ3n) is 3.67. The molecular formula is C14H11N3O2. The summed E-state index contributed by atoms with van der Waals surface area (Å²) in [4.78, 5) is 17.5. The van der Waals surface area contributed by atoms with Gasteiger partial charge in [0.05, 0.1) is 11.4 Å². The van der Waals surface area contributed by atoms with Crippen molar-refractivity contribution in [2.45, 2.75) is 6.54 Å². The highest BCUT2D eigenvalue weighted by Gasteiger charge is 2.31. The summed E-state index contributed by atoms with van der Waals surface area (Å²) in [6.07, 6.45) is 3.64. The van der Waals surface area contributed by atoms with Crippen molar-refractivity contribution < 1.29 is 9.90 Å². The number of imidazole rings is 1. The second-order valence-corrected chi connectivity index (χ2v) is 4.72. The Bertz CT molecular complexity index is 730. The molecule has 1 aromatic carbocycles. The smallest absolute Gasteiger partial charge is 0.356 e. The number of carbonyl (C=O) groups is 1. The van der Waals surface area contributed by atoms with Crippen LogP contribution < -0.4 is 0 Å². The molecule has 0 spiro atoms. The summed E-state index contributed by atoms with van der Waals surface area (Å²) in [5.74, 6) is -0.985. The summed E-state index contributed by atoms with van der Waals surface area (Å²) >= 11 is 0. The van der Waals surface area contributed by atoms with Crippen molar-refractivity contribution in [3.63, 3.8) is 0 Å². The highest BCUT2D eigenvalue weighted by molar-refractivity contribution is 5.92. The Morgan fingerprint density at radius 1 is 1.32 bits per heavy atom. The number of hydrogen-bond donors (Lipinski definition) is 1. The van der Waals surface area contributed by atoms with Crippen molar-refractivity contribution in [1.82, 2.24) is 14.5 Å². The standard InChI is InChI=1S/C14H11N3O2/c18-14(19)12-13-11-5-6-16(11)7-9-3-1-2-4-10(9)17(13)8-15-12/h1-5,8H,6-7H2,(H,18,19). The predicted octanol–water partition coefficient (Wildman–Crippen LogP) is 1.74. The molecule has 0 fully saturated rings. The van der Waals surface area contributed by atoms with E-state index in [4.69, 9.17) is 0 Å². The van der Waals surface area contributed by atoms with Crippen LogP contribution in [0.3, 0.4) is 0 Å². The van der Waals surface area contributed by atoms with Gasteiger partial charge < -0.3 is 10.0 Å². The van der Waals surface area contributed by atoms with E-state index >= 15 is 0 Å². The molecule has 0 saturated carbocycles. The lowest BCUT2D eigenvalue weighted by molar-refractivity contribution is 0.0690. The molecule has 0 amide bonds.